The fourth-order valence-corrected chi connectivity index (χ4v) is 2.40. The Morgan fingerprint density at radius 1 is 1.37 bits per heavy atom. The van der Waals surface area contributed by atoms with Crippen molar-refractivity contribution in [1.29, 1.82) is 0 Å². The van der Waals surface area contributed by atoms with E-state index in [1.165, 1.54) is 0 Å². The number of carbonyl (C=O) groups excluding carboxylic acids is 1. The van der Waals surface area contributed by atoms with Crippen LogP contribution in [0.15, 0.2) is 24.3 Å². The van der Waals surface area contributed by atoms with Gasteiger partial charge in [0.05, 0.1) is 13.2 Å². The Hall–Kier alpha value is -1.03. The number of halogens is 1. The maximum absolute atomic E-state index is 11.9. The van der Waals surface area contributed by atoms with Crippen molar-refractivity contribution in [1.82, 2.24) is 5.32 Å². The van der Waals surface area contributed by atoms with Crippen molar-refractivity contribution in [2.45, 2.75) is 38.6 Å². The lowest BCUT2D eigenvalue weighted by atomic mass is 10.0. The third-order valence-corrected chi connectivity index (χ3v) is 3.61. The number of benzene rings is 1. The van der Waals surface area contributed by atoms with Crippen LogP contribution in [-0.4, -0.2) is 18.3 Å². The molecule has 3 nitrogen and oxygen atoms in total. The Morgan fingerprint density at radius 2 is 2.11 bits per heavy atom. The maximum atomic E-state index is 11.9. The van der Waals surface area contributed by atoms with Crippen molar-refractivity contribution in [2.75, 3.05) is 12.4 Å². The van der Waals surface area contributed by atoms with E-state index in [2.05, 4.69) is 28.2 Å². The number of unbranched alkanes of at least 4 members (excludes halogenated alkanes) is 1. The van der Waals surface area contributed by atoms with Crippen LogP contribution in [0.3, 0.4) is 0 Å². The molecule has 19 heavy (non-hydrogen) atoms. The number of hydrogen-bond donors (Lipinski definition) is 1. The van der Waals surface area contributed by atoms with Gasteiger partial charge in [-0.15, -0.1) is 0 Å². The maximum Gasteiger partial charge on any atom is 0.220 e. The van der Waals surface area contributed by atoms with Gasteiger partial charge in [0.1, 0.15) is 5.75 Å². The van der Waals surface area contributed by atoms with Gasteiger partial charge in [-0.05, 0) is 25.3 Å². The molecule has 1 amide bonds. The molecule has 0 spiro atoms. The molecule has 0 radical (unpaired) electrons. The lowest BCUT2D eigenvalue weighted by molar-refractivity contribution is -0.122. The topological polar surface area (TPSA) is 38.3 Å². The number of hydrogen-bond acceptors (Lipinski definition) is 2. The van der Waals surface area contributed by atoms with E-state index in [1.807, 2.05) is 24.3 Å². The molecule has 1 atom stereocenters. The first-order chi connectivity index (χ1) is 9.22. The standard InChI is InChI=1S/C15H22BrNO2/c1-3-13(17-15(18)10-6-7-11-16)12-8-4-5-9-14(12)19-2/h4-5,8-9,13H,3,6-7,10-11H2,1-2H3,(H,17,18). The van der Waals surface area contributed by atoms with E-state index in [0.717, 1.165) is 35.9 Å². The lowest BCUT2D eigenvalue weighted by Crippen LogP contribution is -2.28. The second-order valence-electron chi connectivity index (χ2n) is 4.42. The van der Waals surface area contributed by atoms with E-state index >= 15 is 0 Å². The molecular weight excluding hydrogens is 306 g/mol. The zero-order chi connectivity index (χ0) is 14.1. The number of carbonyl (C=O) groups is 1. The van der Waals surface area contributed by atoms with Crippen LogP contribution in [0.1, 0.15) is 44.2 Å². The number of para-hydroxylation sites is 1. The molecule has 1 N–H and O–H groups in total. The molecule has 0 aliphatic rings. The predicted molar refractivity (Wildman–Crippen MR) is 81.8 cm³/mol. The van der Waals surface area contributed by atoms with Gasteiger partial charge in [0.2, 0.25) is 5.91 Å². The number of nitrogens with one attached hydrogen (secondary N) is 1. The summed E-state index contributed by atoms with van der Waals surface area (Å²) in [5.74, 6) is 0.939. The predicted octanol–water partition coefficient (Wildman–Crippen LogP) is 3.83. The van der Waals surface area contributed by atoms with Gasteiger partial charge in [-0.25, -0.2) is 0 Å². The quantitative estimate of drug-likeness (QED) is 0.582. The Labute approximate surface area is 123 Å². The number of amides is 1. The largest absolute Gasteiger partial charge is 0.496 e. The van der Waals surface area contributed by atoms with Gasteiger partial charge in [0.15, 0.2) is 0 Å². The molecular formula is C15H22BrNO2. The normalized spacial score (nSPS) is 11.9. The summed E-state index contributed by atoms with van der Waals surface area (Å²) in [7, 11) is 1.66. The molecule has 1 aromatic rings. The molecule has 0 aromatic heterocycles. The average molecular weight is 328 g/mol. The number of ether oxygens (including phenoxy) is 1. The van der Waals surface area contributed by atoms with E-state index in [4.69, 9.17) is 4.74 Å². The van der Waals surface area contributed by atoms with Crippen molar-refractivity contribution in [3.63, 3.8) is 0 Å². The summed E-state index contributed by atoms with van der Waals surface area (Å²) in [5, 5.41) is 4.03. The molecule has 0 aliphatic heterocycles. The molecule has 0 fully saturated rings. The first kappa shape index (κ1) is 16.0. The molecule has 0 aliphatic carbocycles. The van der Waals surface area contributed by atoms with Crippen LogP contribution in [0.4, 0.5) is 0 Å². The number of rotatable bonds is 8. The Morgan fingerprint density at radius 3 is 2.74 bits per heavy atom. The van der Waals surface area contributed by atoms with E-state index in [9.17, 15) is 4.79 Å². The summed E-state index contributed by atoms with van der Waals surface area (Å²) in [6.45, 7) is 2.07. The van der Waals surface area contributed by atoms with Crippen molar-refractivity contribution >= 4 is 21.8 Å². The van der Waals surface area contributed by atoms with E-state index in [0.29, 0.717) is 6.42 Å². The number of methoxy groups -OCH3 is 1. The van der Waals surface area contributed by atoms with Crippen LogP contribution < -0.4 is 10.1 Å². The Kier molecular flexibility index (Phi) is 7.56. The summed E-state index contributed by atoms with van der Waals surface area (Å²) in [5.41, 5.74) is 1.04. The molecule has 0 saturated carbocycles. The molecule has 1 rings (SSSR count). The van der Waals surface area contributed by atoms with Gasteiger partial charge >= 0.3 is 0 Å². The van der Waals surface area contributed by atoms with Gasteiger partial charge < -0.3 is 10.1 Å². The summed E-state index contributed by atoms with van der Waals surface area (Å²) < 4.78 is 5.35. The summed E-state index contributed by atoms with van der Waals surface area (Å²) >= 11 is 3.37. The number of alkyl halides is 1. The SMILES string of the molecule is CCC(NC(=O)CCCCBr)c1ccccc1OC. The van der Waals surface area contributed by atoms with Crippen LogP contribution in [-0.2, 0) is 4.79 Å². The van der Waals surface area contributed by atoms with Crippen molar-refractivity contribution < 1.29 is 9.53 Å². The van der Waals surface area contributed by atoms with Gasteiger partial charge in [0, 0.05) is 17.3 Å². The molecule has 106 valence electrons. The molecule has 0 bridgehead atoms. The van der Waals surface area contributed by atoms with Crippen LogP contribution in [0.25, 0.3) is 0 Å². The third-order valence-electron chi connectivity index (χ3n) is 3.05. The zero-order valence-corrected chi connectivity index (χ0v) is 13.2. The molecule has 1 aromatic carbocycles. The first-order valence-corrected chi connectivity index (χ1v) is 7.83. The highest BCUT2D eigenvalue weighted by Crippen LogP contribution is 2.26. The van der Waals surface area contributed by atoms with E-state index < -0.39 is 0 Å². The summed E-state index contributed by atoms with van der Waals surface area (Å²) in [4.78, 5) is 11.9. The zero-order valence-electron chi connectivity index (χ0n) is 11.6. The second kappa shape index (κ2) is 8.97. The highest BCUT2D eigenvalue weighted by atomic mass is 79.9. The molecule has 4 heteroatoms. The fourth-order valence-electron chi connectivity index (χ4n) is 2.00. The van der Waals surface area contributed by atoms with Gasteiger partial charge in [-0.1, -0.05) is 41.1 Å². The van der Waals surface area contributed by atoms with E-state index in [-0.39, 0.29) is 11.9 Å². The van der Waals surface area contributed by atoms with Gasteiger partial charge in [-0.2, -0.15) is 0 Å². The molecule has 0 heterocycles. The summed E-state index contributed by atoms with van der Waals surface area (Å²) in [6.07, 6.45) is 3.38. The third kappa shape index (κ3) is 5.23. The second-order valence-corrected chi connectivity index (χ2v) is 5.21. The Bertz CT molecular complexity index is 395. The average Bonchev–Trinajstić information content (AvgIpc) is 2.45. The Balaban J connectivity index is 2.64. The van der Waals surface area contributed by atoms with Gasteiger partial charge in [-0.3, -0.25) is 4.79 Å². The summed E-state index contributed by atoms with van der Waals surface area (Å²) in [6, 6.07) is 7.86. The molecule has 0 saturated heterocycles. The van der Waals surface area contributed by atoms with Crippen molar-refractivity contribution in [3.8, 4) is 5.75 Å². The van der Waals surface area contributed by atoms with Gasteiger partial charge in [0.25, 0.3) is 0 Å². The van der Waals surface area contributed by atoms with E-state index in [1.54, 1.807) is 7.11 Å². The minimum Gasteiger partial charge on any atom is -0.496 e. The van der Waals surface area contributed by atoms with Crippen LogP contribution in [0.5, 0.6) is 5.75 Å². The molecule has 1 unspecified atom stereocenters. The van der Waals surface area contributed by atoms with Crippen LogP contribution >= 0.6 is 15.9 Å². The van der Waals surface area contributed by atoms with Crippen molar-refractivity contribution in [3.05, 3.63) is 29.8 Å². The highest BCUT2D eigenvalue weighted by Gasteiger charge is 2.15. The van der Waals surface area contributed by atoms with Crippen molar-refractivity contribution in [2.24, 2.45) is 0 Å². The first-order valence-electron chi connectivity index (χ1n) is 6.71. The minimum atomic E-state index is 0.0209. The fraction of sp³-hybridized carbons (Fsp3) is 0.533. The smallest absolute Gasteiger partial charge is 0.220 e. The van der Waals surface area contributed by atoms with Crippen LogP contribution in [0.2, 0.25) is 0 Å². The minimum absolute atomic E-state index is 0.0209. The monoisotopic (exact) mass is 327 g/mol. The lowest BCUT2D eigenvalue weighted by Gasteiger charge is -2.19. The van der Waals surface area contributed by atoms with Crippen LogP contribution in [0, 0.1) is 0 Å². The highest BCUT2D eigenvalue weighted by molar-refractivity contribution is 9.09.